The van der Waals surface area contributed by atoms with E-state index in [9.17, 15) is 8.42 Å². The molecule has 3 rings (SSSR count). The molecule has 0 saturated carbocycles. The normalized spacial score (nSPS) is 11.3. The number of methoxy groups -OCH3 is 1. The molecular formula is C17H18N4O3S. The van der Waals surface area contributed by atoms with Crippen LogP contribution in [0.25, 0.3) is 11.4 Å². The first-order valence-electron chi connectivity index (χ1n) is 7.52. The summed E-state index contributed by atoms with van der Waals surface area (Å²) in [5.74, 6) is 1.27. The lowest BCUT2D eigenvalue weighted by atomic mass is 10.2. The molecule has 0 aliphatic carbocycles. The second kappa shape index (κ2) is 6.56. The lowest BCUT2D eigenvalue weighted by molar-refractivity contribution is 0.414. The van der Waals surface area contributed by atoms with Crippen molar-refractivity contribution in [3.8, 4) is 17.1 Å². The molecule has 0 aliphatic rings. The van der Waals surface area contributed by atoms with Gasteiger partial charge in [-0.2, -0.15) is 0 Å². The smallest absolute Gasteiger partial charge is 0.262 e. The van der Waals surface area contributed by atoms with Gasteiger partial charge in [0.25, 0.3) is 10.0 Å². The van der Waals surface area contributed by atoms with Crippen molar-refractivity contribution < 1.29 is 13.2 Å². The maximum Gasteiger partial charge on any atom is 0.262 e. The van der Waals surface area contributed by atoms with Crippen LogP contribution in [-0.4, -0.2) is 30.3 Å². The molecule has 0 atom stereocenters. The van der Waals surface area contributed by atoms with Crippen LogP contribution < -0.4 is 9.46 Å². The number of hydrogen-bond donors (Lipinski definition) is 1. The molecule has 0 fully saturated rings. The van der Waals surface area contributed by atoms with Crippen LogP contribution >= 0.6 is 0 Å². The van der Waals surface area contributed by atoms with Crippen molar-refractivity contribution in [2.75, 3.05) is 11.8 Å². The first-order chi connectivity index (χ1) is 11.9. The molecule has 7 nitrogen and oxygen atoms in total. The van der Waals surface area contributed by atoms with Crippen molar-refractivity contribution in [2.45, 2.75) is 11.8 Å². The van der Waals surface area contributed by atoms with Crippen molar-refractivity contribution in [1.82, 2.24) is 14.8 Å². The summed E-state index contributed by atoms with van der Waals surface area (Å²) in [6.07, 6.45) is 1.59. The first-order valence-corrected chi connectivity index (χ1v) is 9.01. The van der Waals surface area contributed by atoms with E-state index in [2.05, 4.69) is 14.9 Å². The third kappa shape index (κ3) is 3.48. The van der Waals surface area contributed by atoms with Crippen LogP contribution in [0.15, 0.2) is 53.7 Å². The van der Waals surface area contributed by atoms with E-state index >= 15 is 0 Å². The number of ether oxygens (including phenoxy) is 1. The number of benzene rings is 2. The monoisotopic (exact) mass is 358 g/mol. The number of nitrogens with one attached hydrogen (secondary N) is 1. The van der Waals surface area contributed by atoms with Crippen molar-refractivity contribution in [3.63, 3.8) is 0 Å². The Morgan fingerprint density at radius 1 is 1.16 bits per heavy atom. The topological polar surface area (TPSA) is 86.1 Å². The number of hydrogen-bond acceptors (Lipinski definition) is 5. The minimum Gasteiger partial charge on any atom is -0.497 e. The Balaban J connectivity index is 1.93. The maximum atomic E-state index is 12.7. The summed E-state index contributed by atoms with van der Waals surface area (Å²) in [7, 11) is -0.346. The quantitative estimate of drug-likeness (QED) is 0.758. The van der Waals surface area contributed by atoms with E-state index in [0.717, 1.165) is 5.56 Å². The van der Waals surface area contributed by atoms with Gasteiger partial charge in [-0.15, -0.1) is 10.2 Å². The number of nitrogens with zero attached hydrogens (tertiary/aromatic N) is 3. The molecule has 8 heteroatoms. The van der Waals surface area contributed by atoms with Crippen LogP contribution in [0.1, 0.15) is 5.56 Å². The summed E-state index contributed by atoms with van der Waals surface area (Å²) >= 11 is 0. The van der Waals surface area contributed by atoms with Gasteiger partial charge in [-0.1, -0.05) is 12.1 Å². The average molecular weight is 358 g/mol. The van der Waals surface area contributed by atoms with Gasteiger partial charge in [0.2, 0.25) is 0 Å². The third-order valence-electron chi connectivity index (χ3n) is 3.76. The van der Waals surface area contributed by atoms with Gasteiger partial charge in [0.15, 0.2) is 5.82 Å². The fourth-order valence-corrected chi connectivity index (χ4v) is 3.80. The van der Waals surface area contributed by atoms with Crippen LogP contribution in [0.2, 0.25) is 0 Å². The van der Waals surface area contributed by atoms with Crippen molar-refractivity contribution in [1.29, 1.82) is 0 Å². The number of aromatic nitrogens is 3. The predicted molar refractivity (Wildman–Crippen MR) is 95.0 cm³/mol. The highest BCUT2D eigenvalue weighted by molar-refractivity contribution is 7.92. The molecule has 3 aromatic rings. The Hall–Kier alpha value is -2.87. The minimum absolute atomic E-state index is 0.206. The Morgan fingerprint density at radius 2 is 1.96 bits per heavy atom. The molecule has 0 saturated heterocycles. The van der Waals surface area contributed by atoms with Gasteiger partial charge >= 0.3 is 0 Å². The van der Waals surface area contributed by atoms with Crippen molar-refractivity contribution in [3.05, 3.63) is 54.4 Å². The summed E-state index contributed by atoms with van der Waals surface area (Å²) in [6, 6.07) is 11.9. The molecule has 0 unspecified atom stereocenters. The largest absolute Gasteiger partial charge is 0.497 e. The summed E-state index contributed by atoms with van der Waals surface area (Å²) in [5, 5.41) is 7.88. The standard InChI is InChI=1S/C17H18N4O3S/c1-12-9-15(24-3)7-8-16(12)25(22,23)20-14-6-4-5-13(10-14)17-19-18-11-21(17)2/h4-11,20H,1-3H3. The molecule has 0 amide bonds. The Kier molecular flexibility index (Phi) is 4.45. The van der Waals surface area contributed by atoms with Gasteiger partial charge in [-0.05, 0) is 42.8 Å². The molecule has 0 radical (unpaired) electrons. The first kappa shape index (κ1) is 17.0. The van der Waals surface area contributed by atoms with E-state index in [4.69, 9.17) is 4.74 Å². The number of aryl methyl sites for hydroxylation is 2. The predicted octanol–water partition coefficient (Wildman–Crippen LogP) is 2.60. The number of rotatable bonds is 5. The zero-order valence-electron chi connectivity index (χ0n) is 14.1. The Labute approximate surface area is 146 Å². The fourth-order valence-electron chi connectivity index (χ4n) is 2.53. The van der Waals surface area contributed by atoms with Crippen LogP contribution in [0.4, 0.5) is 5.69 Å². The lowest BCUT2D eigenvalue weighted by Gasteiger charge is -2.12. The molecule has 0 bridgehead atoms. The fraction of sp³-hybridized carbons (Fsp3) is 0.176. The van der Waals surface area contributed by atoms with Gasteiger partial charge in [0.05, 0.1) is 12.0 Å². The third-order valence-corrected chi connectivity index (χ3v) is 5.30. The molecule has 130 valence electrons. The van der Waals surface area contributed by atoms with Gasteiger partial charge < -0.3 is 9.30 Å². The molecule has 25 heavy (non-hydrogen) atoms. The zero-order valence-corrected chi connectivity index (χ0v) is 14.9. The lowest BCUT2D eigenvalue weighted by Crippen LogP contribution is -2.14. The second-order valence-electron chi connectivity index (χ2n) is 5.58. The second-order valence-corrected chi connectivity index (χ2v) is 7.23. The SMILES string of the molecule is COc1ccc(S(=O)(=O)Nc2cccc(-c3nncn3C)c2)c(C)c1. The van der Waals surface area contributed by atoms with Crippen LogP contribution in [0, 0.1) is 6.92 Å². The Morgan fingerprint density at radius 3 is 2.60 bits per heavy atom. The highest BCUT2D eigenvalue weighted by atomic mass is 32.2. The van der Waals surface area contributed by atoms with E-state index in [1.807, 2.05) is 13.1 Å². The Bertz CT molecular complexity index is 1010. The number of anilines is 1. The zero-order chi connectivity index (χ0) is 18.0. The molecule has 0 aliphatic heterocycles. The van der Waals surface area contributed by atoms with Gasteiger partial charge in [-0.25, -0.2) is 8.42 Å². The summed E-state index contributed by atoms with van der Waals surface area (Å²) in [4.78, 5) is 0.206. The average Bonchev–Trinajstić information content (AvgIpc) is 3.00. The highest BCUT2D eigenvalue weighted by Gasteiger charge is 2.18. The summed E-state index contributed by atoms with van der Waals surface area (Å²) < 4.78 is 34.9. The van der Waals surface area contributed by atoms with Crippen LogP contribution in [-0.2, 0) is 17.1 Å². The van der Waals surface area contributed by atoms with E-state index in [-0.39, 0.29) is 4.90 Å². The van der Waals surface area contributed by atoms with Gasteiger partial charge in [0.1, 0.15) is 12.1 Å². The van der Waals surface area contributed by atoms with Gasteiger partial charge in [0, 0.05) is 18.3 Å². The molecule has 1 N–H and O–H groups in total. The van der Waals surface area contributed by atoms with Crippen LogP contribution in [0.5, 0.6) is 5.75 Å². The molecule has 0 spiro atoms. The maximum absolute atomic E-state index is 12.7. The van der Waals surface area contributed by atoms with Crippen molar-refractivity contribution >= 4 is 15.7 Å². The number of sulfonamides is 1. The molecule has 2 aromatic carbocycles. The van der Waals surface area contributed by atoms with Crippen LogP contribution in [0.3, 0.4) is 0 Å². The van der Waals surface area contributed by atoms with E-state index in [1.54, 1.807) is 55.3 Å². The van der Waals surface area contributed by atoms with Crippen molar-refractivity contribution in [2.24, 2.45) is 7.05 Å². The minimum atomic E-state index is -3.71. The highest BCUT2D eigenvalue weighted by Crippen LogP contribution is 2.25. The van der Waals surface area contributed by atoms with E-state index in [0.29, 0.717) is 22.8 Å². The molecular weight excluding hydrogens is 340 g/mol. The summed E-state index contributed by atoms with van der Waals surface area (Å²) in [5.41, 5.74) is 1.83. The van der Waals surface area contributed by atoms with E-state index in [1.165, 1.54) is 6.07 Å². The van der Waals surface area contributed by atoms with E-state index < -0.39 is 10.0 Å². The molecule has 1 heterocycles. The summed E-state index contributed by atoms with van der Waals surface area (Å²) in [6.45, 7) is 1.73. The molecule has 1 aromatic heterocycles. The van der Waals surface area contributed by atoms with Gasteiger partial charge in [-0.3, -0.25) is 4.72 Å².